The number of nitrogens with two attached hydrogens (primary N) is 1. The third-order valence-electron chi connectivity index (χ3n) is 2.61. The van der Waals surface area contributed by atoms with Crippen LogP contribution in [-0.2, 0) is 19.2 Å². The predicted octanol–water partition coefficient (Wildman–Crippen LogP) is 3.38. The molecule has 0 saturated carbocycles. The van der Waals surface area contributed by atoms with Crippen LogP contribution in [0.2, 0.25) is 0 Å². The van der Waals surface area contributed by atoms with Gasteiger partial charge < -0.3 is 5.73 Å². The zero-order valence-electron chi connectivity index (χ0n) is 10.5. The summed E-state index contributed by atoms with van der Waals surface area (Å²) in [6.45, 7) is 4.10. The van der Waals surface area contributed by atoms with Crippen molar-refractivity contribution in [2.24, 2.45) is 7.05 Å². The fourth-order valence-corrected chi connectivity index (χ4v) is 4.68. The van der Waals surface area contributed by atoms with Gasteiger partial charge in [0.1, 0.15) is 0 Å². The molecule has 0 unspecified atom stereocenters. The molecule has 0 spiro atoms. The van der Waals surface area contributed by atoms with E-state index in [1.165, 1.54) is 9.90 Å². The number of nitrogens with zero attached hydrogens (tertiary/aromatic N) is 3. The molecule has 0 atom stereocenters. The fraction of sp³-hybridized carbons (Fsp3) is 0.455. The topological polar surface area (TPSA) is 56.7 Å². The first-order valence-electron chi connectivity index (χ1n) is 5.58. The molecule has 4 nitrogen and oxygen atoms in total. The van der Waals surface area contributed by atoms with E-state index < -0.39 is 0 Å². The number of halogens is 1. The normalized spacial score (nSPS) is 11.1. The Hall–Kier alpha value is -0.530. The summed E-state index contributed by atoms with van der Waals surface area (Å²) in [7, 11) is 1.98. The molecule has 2 heterocycles. The maximum atomic E-state index is 5.70. The van der Waals surface area contributed by atoms with Crippen LogP contribution in [0.25, 0.3) is 0 Å². The van der Waals surface area contributed by atoms with E-state index in [4.69, 9.17) is 5.73 Å². The third-order valence-corrected chi connectivity index (χ3v) is 5.89. The Balaban J connectivity index is 2.15. The highest BCUT2D eigenvalue weighted by Crippen LogP contribution is 2.34. The second-order valence-electron chi connectivity index (χ2n) is 3.90. The molecular weight excluding hydrogens is 332 g/mol. The number of thioether (sulfide) groups is 1. The molecule has 0 amide bonds. The van der Waals surface area contributed by atoms with Crippen molar-refractivity contribution in [3.05, 3.63) is 21.6 Å². The van der Waals surface area contributed by atoms with Gasteiger partial charge in [-0.2, -0.15) is 5.10 Å². The van der Waals surface area contributed by atoms with Crippen LogP contribution < -0.4 is 5.73 Å². The van der Waals surface area contributed by atoms with E-state index in [1.54, 1.807) is 23.1 Å². The van der Waals surface area contributed by atoms with Gasteiger partial charge in [0, 0.05) is 12.8 Å². The van der Waals surface area contributed by atoms with E-state index in [0.717, 1.165) is 28.0 Å². The van der Waals surface area contributed by atoms with Crippen molar-refractivity contribution >= 4 is 44.2 Å². The van der Waals surface area contributed by atoms with E-state index >= 15 is 0 Å². The third kappa shape index (κ3) is 2.73. The number of aromatic nitrogens is 3. The fourth-order valence-electron chi connectivity index (χ4n) is 1.65. The quantitative estimate of drug-likeness (QED) is 0.862. The summed E-state index contributed by atoms with van der Waals surface area (Å²) in [5.41, 5.74) is 9.01. The molecule has 0 saturated heterocycles. The molecule has 0 bridgehead atoms. The molecule has 0 aliphatic carbocycles. The SMILES string of the molecule is CCc1nn(C)c(CSc2sc(N)nc2C)c1Br. The number of nitrogen functional groups attached to an aromatic ring is 1. The highest BCUT2D eigenvalue weighted by molar-refractivity contribution is 9.10. The van der Waals surface area contributed by atoms with E-state index in [9.17, 15) is 0 Å². The van der Waals surface area contributed by atoms with Crippen molar-refractivity contribution in [3.8, 4) is 0 Å². The second-order valence-corrected chi connectivity index (χ2v) is 6.97. The maximum Gasteiger partial charge on any atom is 0.181 e. The number of anilines is 1. The average molecular weight is 347 g/mol. The first-order chi connectivity index (χ1) is 8.52. The van der Waals surface area contributed by atoms with E-state index in [2.05, 4.69) is 32.9 Å². The van der Waals surface area contributed by atoms with Gasteiger partial charge in [0.05, 0.1) is 25.8 Å². The van der Waals surface area contributed by atoms with Gasteiger partial charge in [-0.05, 0) is 29.3 Å². The van der Waals surface area contributed by atoms with Crippen LogP contribution in [0, 0.1) is 6.92 Å². The molecule has 0 radical (unpaired) electrons. The summed E-state index contributed by atoms with van der Waals surface area (Å²) in [5, 5.41) is 5.12. The summed E-state index contributed by atoms with van der Waals surface area (Å²) in [4.78, 5) is 4.23. The number of thiazole rings is 1. The smallest absolute Gasteiger partial charge is 0.181 e. The number of rotatable bonds is 4. The van der Waals surface area contributed by atoms with E-state index in [0.29, 0.717) is 5.13 Å². The average Bonchev–Trinajstić information content (AvgIpc) is 2.77. The summed E-state index contributed by atoms with van der Waals surface area (Å²) < 4.78 is 4.24. The van der Waals surface area contributed by atoms with Gasteiger partial charge in [-0.25, -0.2) is 4.98 Å². The molecule has 0 aliphatic heterocycles. The Morgan fingerprint density at radius 3 is 2.72 bits per heavy atom. The number of hydrogen-bond donors (Lipinski definition) is 1. The van der Waals surface area contributed by atoms with Gasteiger partial charge in [-0.1, -0.05) is 18.3 Å². The molecule has 18 heavy (non-hydrogen) atoms. The van der Waals surface area contributed by atoms with Gasteiger partial charge in [0.25, 0.3) is 0 Å². The molecule has 0 aromatic carbocycles. The van der Waals surface area contributed by atoms with Crippen molar-refractivity contribution < 1.29 is 0 Å². The minimum atomic E-state index is 0.633. The molecule has 2 N–H and O–H groups in total. The van der Waals surface area contributed by atoms with Gasteiger partial charge in [-0.3, -0.25) is 4.68 Å². The molecule has 2 aromatic heterocycles. The monoisotopic (exact) mass is 346 g/mol. The zero-order valence-corrected chi connectivity index (χ0v) is 13.7. The van der Waals surface area contributed by atoms with Crippen LogP contribution >= 0.6 is 39.0 Å². The summed E-state index contributed by atoms with van der Waals surface area (Å²) in [6.07, 6.45) is 0.936. The van der Waals surface area contributed by atoms with Crippen molar-refractivity contribution in [2.75, 3.05) is 5.73 Å². The molecular formula is C11H15BrN4S2. The summed E-state index contributed by atoms with van der Waals surface area (Å²) in [5.74, 6) is 0.868. The van der Waals surface area contributed by atoms with Crippen LogP contribution in [0.1, 0.15) is 24.0 Å². The Morgan fingerprint density at radius 2 is 2.22 bits per heavy atom. The van der Waals surface area contributed by atoms with Crippen molar-refractivity contribution in [1.82, 2.24) is 14.8 Å². The lowest BCUT2D eigenvalue weighted by Gasteiger charge is -2.01. The van der Waals surface area contributed by atoms with Crippen LogP contribution in [0.15, 0.2) is 8.68 Å². The first-order valence-corrected chi connectivity index (χ1v) is 8.18. The van der Waals surface area contributed by atoms with Crippen molar-refractivity contribution in [1.29, 1.82) is 0 Å². The highest BCUT2D eigenvalue weighted by Gasteiger charge is 2.14. The largest absolute Gasteiger partial charge is 0.375 e. The van der Waals surface area contributed by atoms with Crippen LogP contribution in [0.5, 0.6) is 0 Å². The minimum absolute atomic E-state index is 0.633. The van der Waals surface area contributed by atoms with E-state index in [1.807, 2.05) is 18.7 Å². The molecule has 0 fully saturated rings. The van der Waals surface area contributed by atoms with Gasteiger partial charge in [0.15, 0.2) is 5.13 Å². The van der Waals surface area contributed by atoms with Gasteiger partial charge in [0.2, 0.25) is 0 Å². The lowest BCUT2D eigenvalue weighted by Crippen LogP contribution is -1.96. The van der Waals surface area contributed by atoms with Gasteiger partial charge >= 0.3 is 0 Å². The van der Waals surface area contributed by atoms with Crippen LogP contribution in [-0.4, -0.2) is 14.8 Å². The predicted molar refractivity (Wildman–Crippen MR) is 81.1 cm³/mol. The van der Waals surface area contributed by atoms with Crippen LogP contribution in [0.3, 0.4) is 0 Å². The van der Waals surface area contributed by atoms with Crippen molar-refractivity contribution in [3.63, 3.8) is 0 Å². The lowest BCUT2D eigenvalue weighted by molar-refractivity contribution is 0.719. The maximum absolute atomic E-state index is 5.70. The first kappa shape index (κ1) is 13.9. The second kappa shape index (κ2) is 5.63. The highest BCUT2D eigenvalue weighted by atomic mass is 79.9. The Kier molecular flexibility index (Phi) is 4.34. The molecule has 7 heteroatoms. The summed E-state index contributed by atoms with van der Waals surface area (Å²) >= 11 is 6.93. The Morgan fingerprint density at radius 1 is 1.50 bits per heavy atom. The van der Waals surface area contributed by atoms with E-state index in [-0.39, 0.29) is 0 Å². The van der Waals surface area contributed by atoms with Crippen LogP contribution in [0.4, 0.5) is 5.13 Å². The molecule has 2 rings (SSSR count). The Labute approximate surface area is 123 Å². The summed E-state index contributed by atoms with van der Waals surface area (Å²) in [6, 6.07) is 0. The molecule has 2 aromatic rings. The van der Waals surface area contributed by atoms with Crippen molar-refractivity contribution in [2.45, 2.75) is 30.2 Å². The standard InChI is InChI=1S/C11H15BrN4S2/c1-4-7-9(12)8(16(3)15-7)5-17-10-6(2)14-11(13)18-10/h4-5H2,1-3H3,(H2,13,14). The number of aryl methyl sites for hydroxylation is 3. The zero-order chi connectivity index (χ0) is 13.3. The number of hydrogen-bond acceptors (Lipinski definition) is 5. The Bertz CT molecular complexity index is 562. The molecule has 0 aliphatic rings. The molecule has 98 valence electrons. The minimum Gasteiger partial charge on any atom is -0.375 e. The van der Waals surface area contributed by atoms with Gasteiger partial charge in [-0.15, -0.1) is 11.8 Å². The lowest BCUT2D eigenvalue weighted by atomic mass is 10.3.